The molecule has 0 aromatic heterocycles. The van der Waals surface area contributed by atoms with Crippen molar-refractivity contribution in [1.29, 1.82) is 0 Å². The molecule has 106 valence electrons. The van der Waals surface area contributed by atoms with Gasteiger partial charge in [0, 0.05) is 0 Å². The minimum atomic E-state index is 0.266. The lowest BCUT2D eigenvalue weighted by atomic mass is 9.94. The third-order valence-corrected chi connectivity index (χ3v) is 3.63. The fraction of sp³-hybridized carbons (Fsp3) is 0.368. The van der Waals surface area contributed by atoms with Crippen LogP contribution in [0.4, 0.5) is 0 Å². The highest BCUT2D eigenvalue weighted by Crippen LogP contribution is 2.23. The molecule has 0 fully saturated rings. The molecule has 0 saturated carbocycles. The Labute approximate surface area is 123 Å². The molecule has 0 heterocycles. The highest BCUT2D eigenvalue weighted by Gasteiger charge is 2.12. The van der Waals surface area contributed by atoms with E-state index < -0.39 is 0 Å². The van der Waals surface area contributed by atoms with Crippen molar-refractivity contribution in [2.75, 3.05) is 7.05 Å². The standard InChI is InChI=1S/C19H25N/c1-14(2)12-16-6-5-7-18(13-16)19(20-4)17-10-8-15(3)9-11-17/h5-11,13-14,19-20H,12H2,1-4H3. The predicted octanol–water partition coefficient (Wildman–Crippen LogP) is 4.50. The second-order valence-corrected chi connectivity index (χ2v) is 5.98. The van der Waals surface area contributed by atoms with E-state index in [-0.39, 0.29) is 6.04 Å². The quantitative estimate of drug-likeness (QED) is 0.841. The molecule has 20 heavy (non-hydrogen) atoms. The molecule has 1 nitrogen and oxygen atoms in total. The number of rotatable bonds is 5. The van der Waals surface area contributed by atoms with E-state index in [2.05, 4.69) is 74.6 Å². The van der Waals surface area contributed by atoms with Crippen molar-refractivity contribution >= 4 is 0 Å². The molecule has 1 N–H and O–H groups in total. The van der Waals surface area contributed by atoms with Crippen molar-refractivity contribution in [2.24, 2.45) is 5.92 Å². The summed E-state index contributed by atoms with van der Waals surface area (Å²) in [6, 6.07) is 18.0. The fourth-order valence-corrected chi connectivity index (χ4v) is 2.66. The highest BCUT2D eigenvalue weighted by atomic mass is 14.9. The molecule has 0 spiro atoms. The van der Waals surface area contributed by atoms with E-state index in [0.717, 1.165) is 6.42 Å². The van der Waals surface area contributed by atoms with Crippen molar-refractivity contribution in [3.63, 3.8) is 0 Å². The minimum Gasteiger partial charge on any atom is -0.309 e. The van der Waals surface area contributed by atoms with Crippen molar-refractivity contribution in [3.8, 4) is 0 Å². The maximum atomic E-state index is 3.43. The summed E-state index contributed by atoms with van der Waals surface area (Å²) < 4.78 is 0. The largest absolute Gasteiger partial charge is 0.309 e. The summed E-state index contributed by atoms with van der Waals surface area (Å²) in [5.74, 6) is 0.692. The summed E-state index contributed by atoms with van der Waals surface area (Å²) in [5.41, 5.74) is 5.39. The maximum Gasteiger partial charge on any atom is 0.0574 e. The smallest absolute Gasteiger partial charge is 0.0574 e. The molecule has 0 amide bonds. The predicted molar refractivity (Wildman–Crippen MR) is 87.1 cm³/mol. The van der Waals surface area contributed by atoms with E-state index >= 15 is 0 Å². The Hall–Kier alpha value is -1.60. The first-order valence-corrected chi connectivity index (χ1v) is 7.43. The van der Waals surface area contributed by atoms with E-state index in [0.29, 0.717) is 5.92 Å². The summed E-state index contributed by atoms with van der Waals surface area (Å²) in [6.07, 6.45) is 1.14. The average molecular weight is 267 g/mol. The van der Waals surface area contributed by atoms with Gasteiger partial charge in [0.2, 0.25) is 0 Å². The van der Waals surface area contributed by atoms with Crippen LogP contribution in [0.3, 0.4) is 0 Å². The third-order valence-electron chi connectivity index (χ3n) is 3.63. The zero-order valence-electron chi connectivity index (χ0n) is 13.0. The summed E-state index contributed by atoms with van der Waals surface area (Å²) in [6.45, 7) is 6.66. The van der Waals surface area contributed by atoms with E-state index in [1.165, 1.54) is 22.3 Å². The molecule has 0 saturated heterocycles. The summed E-state index contributed by atoms with van der Waals surface area (Å²) in [5, 5.41) is 3.43. The van der Waals surface area contributed by atoms with E-state index in [4.69, 9.17) is 0 Å². The Morgan fingerprint density at radius 2 is 1.65 bits per heavy atom. The van der Waals surface area contributed by atoms with Gasteiger partial charge in [-0.1, -0.05) is 67.9 Å². The molecule has 1 unspecified atom stereocenters. The molecule has 0 bridgehead atoms. The van der Waals surface area contributed by atoms with Crippen LogP contribution in [-0.4, -0.2) is 7.05 Å². The molecule has 0 aliphatic heterocycles. The van der Waals surface area contributed by atoms with Crippen LogP contribution in [0.25, 0.3) is 0 Å². The van der Waals surface area contributed by atoms with Gasteiger partial charge < -0.3 is 5.32 Å². The van der Waals surface area contributed by atoms with Crippen LogP contribution in [0, 0.1) is 12.8 Å². The number of hydrogen-bond acceptors (Lipinski definition) is 1. The molecule has 1 atom stereocenters. The van der Waals surface area contributed by atoms with Gasteiger partial charge in [0.05, 0.1) is 6.04 Å². The molecule has 1 heteroatoms. The fourth-order valence-electron chi connectivity index (χ4n) is 2.66. The van der Waals surface area contributed by atoms with Crippen molar-refractivity contribution in [3.05, 3.63) is 70.8 Å². The second-order valence-electron chi connectivity index (χ2n) is 5.98. The third kappa shape index (κ3) is 3.71. The van der Waals surface area contributed by atoms with Crippen LogP contribution in [0.1, 0.15) is 42.1 Å². The SMILES string of the molecule is CNC(c1ccc(C)cc1)c1cccc(CC(C)C)c1. The Bertz CT molecular complexity index is 540. The van der Waals surface area contributed by atoms with Gasteiger partial charge in [0.15, 0.2) is 0 Å². The Morgan fingerprint density at radius 1 is 0.950 bits per heavy atom. The molecule has 0 radical (unpaired) electrons. The summed E-state index contributed by atoms with van der Waals surface area (Å²) in [4.78, 5) is 0. The molecule has 2 aromatic carbocycles. The molecular weight excluding hydrogens is 242 g/mol. The average Bonchev–Trinajstić information content (AvgIpc) is 2.41. The topological polar surface area (TPSA) is 12.0 Å². The molecule has 0 aliphatic carbocycles. The van der Waals surface area contributed by atoms with Crippen molar-refractivity contribution in [2.45, 2.75) is 33.2 Å². The monoisotopic (exact) mass is 267 g/mol. The Kier molecular flexibility index (Phi) is 4.97. The first kappa shape index (κ1) is 14.8. The van der Waals surface area contributed by atoms with Gasteiger partial charge >= 0.3 is 0 Å². The van der Waals surface area contributed by atoms with Crippen LogP contribution >= 0.6 is 0 Å². The molecule has 0 aliphatic rings. The number of aryl methyl sites for hydroxylation is 1. The van der Waals surface area contributed by atoms with E-state index in [9.17, 15) is 0 Å². The number of hydrogen-bond donors (Lipinski definition) is 1. The lowest BCUT2D eigenvalue weighted by molar-refractivity contribution is 0.643. The van der Waals surface area contributed by atoms with Gasteiger partial charge in [-0.3, -0.25) is 0 Å². The van der Waals surface area contributed by atoms with Crippen LogP contribution in [-0.2, 0) is 6.42 Å². The highest BCUT2D eigenvalue weighted by molar-refractivity contribution is 5.35. The summed E-state index contributed by atoms with van der Waals surface area (Å²) >= 11 is 0. The van der Waals surface area contributed by atoms with Crippen molar-refractivity contribution < 1.29 is 0 Å². The van der Waals surface area contributed by atoms with Crippen molar-refractivity contribution in [1.82, 2.24) is 5.32 Å². The van der Waals surface area contributed by atoms with Gasteiger partial charge in [0.1, 0.15) is 0 Å². The number of nitrogens with one attached hydrogen (secondary N) is 1. The van der Waals surface area contributed by atoms with Crippen LogP contribution in [0.15, 0.2) is 48.5 Å². The maximum absolute atomic E-state index is 3.43. The zero-order chi connectivity index (χ0) is 14.5. The Balaban J connectivity index is 2.29. The normalized spacial score (nSPS) is 12.7. The van der Waals surface area contributed by atoms with E-state index in [1.807, 2.05) is 7.05 Å². The van der Waals surface area contributed by atoms with Gasteiger partial charge in [-0.25, -0.2) is 0 Å². The van der Waals surface area contributed by atoms with Crippen LogP contribution in [0.2, 0.25) is 0 Å². The zero-order valence-corrected chi connectivity index (χ0v) is 13.0. The Morgan fingerprint density at radius 3 is 2.25 bits per heavy atom. The first-order valence-electron chi connectivity index (χ1n) is 7.43. The summed E-state index contributed by atoms with van der Waals surface area (Å²) in [7, 11) is 2.03. The van der Waals surface area contributed by atoms with E-state index in [1.54, 1.807) is 0 Å². The van der Waals surface area contributed by atoms with Crippen LogP contribution in [0.5, 0.6) is 0 Å². The van der Waals surface area contributed by atoms with Gasteiger partial charge in [-0.05, 0) is 43.0 Å². The number of benzene rings is 2. The van der Waals surface area contributed by atoms with Gasteiger partial charge in [0.25, 0.3) is 0 Å². The lowest BCUT2D eigenvalue weighted by Gasteiger charge is -2.18. The van der Waals surface area contributed by atoms with Gasteiger partial charge in [-0.15, -0.1) is 0 Å². The second kappa shape index (κ2) is 6.71. The van der Waals surface area contributed by atoms with Crippen LogP contribution < -0.4 is 5.32 Å². The first-order chi connectivity index (χ1) is 9.60. The lowest BCUT2D eigenvalue weighted by Crippen LogP contribution is -2.17. The van der Waals surface area contributed by atoms with Gasteiger partial charge in [-0.2, -0.15) is 0 Å². The molecule has 2 aromatic rings. The molecular formula is C19H25N. The molecule has 2 rings (SSSR count). The minimum absolute atomic E-state index is 0.266.